The zero-order valence-corrected chi connectivity index (χ0v) is 18.1. The summed E-state index contributed by atoms with van der Waals surface area (Å²) in [5.41, 5.74) is 2.30. The molecule has 0 aliphatic carbocycles. The van der Waals surface area contributed by atoms with E-state index in [1.807, 2.05) is 47.8 Å². The minimum atomic E-state index is -0.432. The minimum Gasteiger partial charge on any atom is -0.324 e. The summed E-state index contributed by atoms with van der Waals surface area (Å²) in [6.45, 7) is 0. The van der Waals surface area contributed by atoms with E-state index in [1.165, 1.54) is 17.4 Å². The molecular weight excluding hydrogens is 440 g/mol. The Morgan fingerprint density at radius 3 is 2.47 bits per heavy atom. The largest absolute Gasteiger partial charge is 0.324 e. The number of aromatic nitrogens is 2. The summed E-state index contributed by atoms with van der Waals surface area (Å²) in [5, 5.41) is 7.18. The van der Waals surface area contributed by atoms with Crippen molar-refractivity contribution in [3.05, 3.63) is 65.0 Å². The summed E-state index contributed by atoms with van der Waals surface area (Å²) in [6.07, 6.45) is 1.30. The van der Waals surface area contributed by atoms with Crippen LogP contribution >= 0.6 is 35.1 Å². The van der Waals surface area contributed by atoms with Crippen LogP contribution in [-0.4, -0.2) is 28.8 Å². The standard InChI is InChI=1S/C21H14N4O2S2.ClH/c1-25(14-10-16(26)22-20(14)27)19-17-13(12-6-3-2-4-7-12)11-29-21(17)24-18(23-19)15-8-5-9-28-15;/h2-11H,1H3,(H,22,26,27);1H. The van der Waals surface area contributed by atoms with Crippen molar-refractivity contribution in [1.29, 1.82) is 0 Å². The maximum Gasteiger partial charge on any atom is 0.274 e. The van der Waals surface area contributed by atoms with Crippen LogP contribution in [0.3, 0.4) is 0 Å². The number of anilines is 1. The Kier molecular flexibility index (Phi) is 5.38. The number of amides is 2. The number of carbonyl (C=O) groups excluding carboxylic acids is 2. The molecule has 5 rings (SSSR count). The summed E-state index contributed by atoms with van der Waals surface area (Å²) in [6, 6.07) is 13.9. The molecule has 9 heteroatoms. The van der Waals surface area contributed by atoms with Crippen molar-refractivity contribution in [3.8, 4) is 21.8 Å². The van der Waals surface area contributed by atoms with E-state index in [9.17, 15) is 9.59 Å². The fourth-order valence-electron chi connectivity index (χ4n) is 3.28. The average molecular weight is 455 g/mol. The number of hydrogen-bond acceptors (Lipinski definition) is 7. The summed E-state index contributed by atoms with van der Waals surface area (Å²) in [5.74, 6) is 0.336. The molecule has 30 heavy (non-hydrogen) atoms. The highest BCUT2D eigenvalue weighted by molar-refractivity contribution is 7.17. The van der Waals surface area contributed by atoms with Gasteiger partial charge in [0.25, 0.3) is 11.8 Å². The van der Waals surface area contributed by atoms with Gasteiger partial charge in [-0.3, -0.25) is 14.9 Å². The normalized spacial score (nSPS) is 13.2. The number of likely N-dealkylation sites (N-methyl/N-ethyl adjacent to an activating group) is 1. The summed E-state index contributed by atoms with van der Waals surface area (Å²) in [7, 11) is 1.75. The molecule has 0 bridgehead atoms. The van der Waals surface area contributed by atoms with Crippen LogP contribution in [0.15, 0.2) is 65.0 Å². The fraction of sp³-hybridized carbons (Fsp3) is 0.0476. The molecule has 4 heterocycles. The van der Waals surface area contributed by atoms with Crippen molar-refractivity contribution < 1.29 is 9.59 Å². The van der Waals surface area contributed by atoms with Gasteiger partial charge in [-0.2, -0.15) is 0 Å². The number of halogens is 1. The lowest BCUT2D eigenvalue weighted by Gasteiger charge is -2.20. The van der Waals surface area contributed by atoms with Crippen LogP contribution in [0.25, 0.3) is 32.0 Å². The van der Waals surface area contributed by atoms with Crippen LogP contribution in [-0.2, 0) is 9.59 Å². The van der Waals surface area contributed by atoms with Gasteiger partial charge in [0.15, 0.2) is 5.82 Å². The van der Waals surface area contributed by atoms with Gasteiger partial charge in [0, 0.05) is 24.1 Å². The Balaban J connectivity index is 0.00000218. The predicted molar refractivity (Wildman–Crippen MR) is 123 cm³/mol. The Labute approximate surface area is 186 Å². The molecule has 0 saturated heterocycles. The number of hydrogen-bond donors (Lipinski definition) is 1. The van der Waals surface area contributed by atoms with Crippen molar-refractivity contribution in [2.45, 2.75) is 0 Å². The van der Waals surface area contributed by atoms with Crippen LogP contribution in [0.2, 0.25) is 0 Å². The molecule has 0 unspecified atom stereocenters. The van der Waals surface area contributed by atoms with E-state index in [4.69, 9.17) is 9.97 Å². The second-order valence-electron chi connectivity index (χ2n) is 6.45. The van der Waals surface area contributed by atoms with Crippen LogP contribution in [0.1, 0.15) is 0 Å². The van der Waals surface area contributed by atoms with E-state index in [1.54, 1.807) is 23.3 Å². The van der Waals surface area contributed by atoms with Gasteiger partial charge in [-0.1, -0.05) is 36.4 Å². The third-order valence-corrected chi connectivity index (χ3v) is 6.40. The molecule has 150 valence electrons. The maximum atomic E-state index is 12.3. The average Bonchev–Trinajstić information content (AvgIpc) is 3.47. The second kappa shape index (κ2) is 7.98. The Hall–Kier alpha value is -3.07. The van der Waals surface area contributed by atoms with Crippen molar-refractivity contribution in [1.82, 2.24) is 15.3 Å². The number of carbonyl (C=O) groups is 2. The first-order chi connectivity index (χ1) is 14.1. The first-order valence-electron chi connectivity index (χ1n) is 8.81. The maximum absolute atomic E-state index is 12.3. The van der Waals surface area contributed by atoms with Gasteiger partial charge in [0.1, 0.15) is 16.3 Å². The molecule has 0 spiro atoms. The van der Waals surface area contributed by atoms with E-state index in [2.05, 4.69) is 10.7 Å². The van der Waals surface area contributed by atoms with Crippen molar-refractivity contribution >= 4 is 62.9 Å². The molecule has 1 aliphatic heterocycles. The summed E-state index contributed by atoms with van der Waals surface area (Å²) >= 11 is 3.09. The van der Waals surface area contributed by atoms with E-state index in [0.29, 0.717) is 11.6 Å². The van der Waals surface area contributed by atoms with Gasteiger partial charge in [-0.05, 0) is 17.0 Å². The molecule has 4 aromatic rings. The lowest BCUT2D eigenvalue weighted by molar-refractivity contribution is -0.123. The van der Waals surface area contributed by atoms with Gasteiger partial charge in [-0.15, -0.1) is 35.1 Å². The van der Waals surface area contributed by atoms with Crippen molar-refractivity contribution in [2.75, 3.05) is 11.9 Å². The molecule has 3 aromatic heterocycles. The van der Waals surface area contributed by atoms with Gasteiger partial charge < -0.3 is 4.90 Å². The fourth-order valence-corrected chi connectivity index (χ4v) is 4.88. The topological polar surface area (TPSA) is 75.2 Å². The smallest absolute Gasteiger partial charge is 0.274 e. The molecular formula is C21H15ClN4O2S2. The molecule has 2 amide bonds. The number of rotatable bonds is 4. The van der Waals surface area contributed by atoms with E-state index >= 15 is 0 Å². The molecule has 0 atom stereocenters. The molecule has 1 N–H and O–H groups in total. The van der Waals surface area contributed by atoms with E-state index < -0.39 is 11.8 Å². The lowest BCUT2D eigenvalue weighted by Crippen LogP contribution is -2.29. The van der Waals surface area contributed by atoms with Crippen LogP contribution in [0.4, 0.5) is 5.82 Å². The van der Waals surface area contributed by atoms with Gasteiger partial charge in [0.2, 0.25) is 0 Å². The Morgan fingerprint density at radius 1 is 1.00 bits per heavy atom. The molecule has 1 aromatic carbocycles. The molecule has 0 saturated carbocycles. The monoisotopic (exact) mass is 454 g/mol. The van der Waals surface area contributed by atoms with Crippen LogP contribution in [0.5, 0.6) is 0 Å². The molecule has 0 radical (unpaired) electrons. The highest BCUT2D eigenvalue weighted by Gasteiger charge is 2.28. The van der Waals surface area contributed by atoms with Crippen molar-refractivity contribution in [2.24, 2.45) is 0 Å². The highest BCUT2D eigenvalue weighted by atomic mass is 35.5. The van der Waals surface area contributed by atoms with Crippen LogP contribution < -0.4 is 10.2 Å². The van der Waals surface area contributed by atoms with E-state index in [0.717, 1.165) is 26.2 Å². The first kappa shape index (κ1) is 20.2. The van der Waals surface area contributed by atoms with Crippen molar-refractivity contribution in [3.63, 3.8) is 0 Å². The first-order valence-corrected chi connectivity index (χ1v) is 10.6. The Morgan fingerprint density at radius 2 is 1.80 bits per heavy atom. The third-order valence-electron chi connectivity index (χ3n) is 4.66. The number of nitrogens with zero attached hydrogens (tertiary/aromatic N) is 3. The number of fused-ring (bicyclic) bond motifs is 1. The zero-order chi connectivity index (χ0) is 20.0. The second-order valence-corrected chi connectivity index (χ2v) is 8.26. The lowest BCUT2D eigenvalue weighted by atomic mass is 10.1. The molecule has 6 nitrogen and oxygen atoms in total. The van der Waals surface area contributed by atoms with Gasteiger partial charge in [0.05, 0.1) is 10.3 Å². The molecule has 0 fully saturated rings. The van der Waals surface area contributed by atoms with Gasteiger partial charge in [-0.25, -0.2) is 9.97 Å². The minimum absolute atomic E-state index is 0. The number of benzene rings is 1. The number of nitrogens with one attached hydrogen (secondary N) is 1. The number of imide groups is 1. The molecule has 1 aliphatic rings. The Bertz CT molecular complexity index is 1280. The zero-order valence-electron chi connectivity index (χ0n) is 15.7. The van der Waals surface area contributed by atoms with Gasteiger partial charge >= 0.3 is 0 Å². The number of thiophene rings is 2. The third kappa shape index (κ3) is 3.39. The quantitative estimate of drug-likeness (QED) is 0.460. The summed E-state index contributed by atoms with van der Waals surface area (Å²) < 4.78 is 0. The highest BCUT2D eigenvalue weighted by Crippen LogP contribution is 2.40. The van der Waals surface area contributed by atoms with E-state index in [-0.39, 0.29) is 18.1 Å². The summed E-state index contributed by atoms with van der Waals surface area (Å²) in [4.78, 5) is 37.0. The van der Waals surface area contributed by atoms with Crippen LogP contribution in [0, 0.1) is 0 Å². The SMILES string of the molecule is CN(C1=CC(=O)NC1=O)c1nc(-c2cccs2)nc2scc(-c3ccccc3)c12.Cl. The predicted octanol–water partition coefficient (Wildman–Crippen LogP) is 4.49.